The van der Waals surface area contributed by atoms with Crippen LogP contribution < -0.4 is 10.6 Å². The van der Waals surface area contributed by atoms with E-state index in [4.69, 9.17) is 4.42 Å². The second-order valence-electron chi connectivity index (χ2n) is 8.41. The minimum atomic E-state index is -0.135. The number of carbonyl (C=O) groups is 2. The lowest BCUT2D eigenvalue weighted by Gasteiger charge is -2.30. The Kier molecular flexibility index (Phi) is 5.37. The van der Waals surface area contributed by atoms with E-state index in [2.05, 4.69) is 22.6 Å². The van der Waals surface area contributed by atoms with Gasteiger partial charge in [0.15, 0.2) is 0 Å². The van der Waals surface area contributed by atoms with Gasteiger partial charge in [0.05, 0.1) is 5.57 Å². The fourth-order valence-corrected chi connectivity index (χ4v) is 4.35. The molecular formula is C26H25N3O3. The average molecular weight is 428 g/mol. The summed E-state index contributed by atoms with van der Waals surface area (Å²) in [5.41, 5.74) is 3.77. The van der Waals surface area contributed by atoms with Crippen molar-refractivity contribution in [2.45, 2.75) is 18.9 Å². The van der Waals surface area contributed by atoms with Crippen LogP contribution >= 0.6 is 0 Å². The van der Waals surface area contributed by atoms with Crippen LogP contribution in [0.15, 0.2) is 65.1 Å². The summed E-state index contributed by atoms with van der Waals surface area (Å²) in [6, 6.07) is 18.9. The van der Waals surface area contributed by atoms with Crippen LogP contribution in [0.3, 0.4) is 0 Å². The number of likely N-dealkylation sites (N-methyl/N-ethyl adjacent to an activating group) is 1. The van der Waals surface area contributed by atoms with Gasteiger partial charge in [0.1, 0.15) is 11.5 Å². The molecule has 3 aromatic rings. The number of benzene rings is 2. The molecule has 2 amide bonds. The third kappa shape index (κ3) is 4.09. The van der Waals surface area contributed by atoms with E-state index in [0.29, 0.717) is 22.7 Å². The van der Waals surface area contributed by atoms with Gasteiger partial charge in [-0.05, 0) is 62.8 Å². The lowest BCUT2D eigenvalue weighted by Crippen LogP contribution is -2.46. The van der Waals surface area contributed by atoms with E-state index in [9.17, 15) is 9.59 Å². The number of furan rings is 1. The normalized spacial score (nSPS) is 19.6. The molecule has 6 heteroatoms. The number of hydrogen-bond acceptors (Lipinski definition) is 4. The third-order valence-corrected chi connectivity index (χ3v) is 6.01. The molecule has 1 atom stereocenters. The largest absolute Gasteiger partial charge is 0.457 e. The molecule has 2 aromatic carbocycles. The summed E-state index contributed by atoms with van der Waals surface area (Å²) in [6.07, 6.45) is 3.87. The standard InChI is InChI=1S/C26H25N3O3/c1-29-14-4-5-19(16-29)27-25(30)18-10-8-17(9-11-18)24-13-12-20(32-24)15-22-21-6-2-3-7-23(21)28-26(22)31/h2-3,6-13,15,19H,4-5,14,16H2,1H3,(H,27,30)(H,28,31)/b22-15+. The maximum Gasteiger partial charge on any atom is 0.256 e. The number of anilines is 1. The first-order valence-electron chi connectivity index (χ1n) is 10.9. The predicted molar refractivity (Wildman–Crippen MR) is 125 cm³/mol. The Morgan fingerprint density at radius 2 is 1.94 bits per heavy atom. The van der Waals surface area contributed by atoms with Gasteiger partial charge in [-0.15, -0.1) is 0 Å². The summed E-state index contributed by atoms with van der Waals surface area (Å²) in [7, 11) is 2.08. The number of para-hydroxylation sites is 1. The zero-order valence-electron chi connectivity index (χ0n) is 17.9. The lowest BCUT2D eigenvalue weighted by molar-refractivity contribution is -0.110. The van der Waals surface area contributed by atoms with E-state index in [0.717, 1.165) is 42.7 Å². The smallest absolute Gasteiger partial charge is 0.256 e. The molecule has 1 aromatic heterocycles. The molecule has 6 nitrogen and oxygen atoms in total. The summed E-state index contributed by atoms with van der Waals surface area (Å²) in [5, 5.41) is 6.00. The van der Waals surface area contributed by atoms with Gasteiger partial charge in [-0.1, -0.05) is 30.3 Å². The second-order valence-corrected chi connectivity index (χ2v) is 8.41. The van der Waals surface area contributed by atoms with Crippen LogP contribution in [0, 0.1) is 0 Å². The van der Waals surface area contributed by atoms with E-state index in [-0.39, 0.29) is 17.9 Å². The van der Waals surface area contributed by atoms with Crippen molar-refractivity contribution in [1.82, 2.24) is 10.2 Å². The Hall–Kier alpha value is -3.64. The predicted octanol–water partition coefficient (Wildman–Crippen LogP) is 4.26. The number of rotatable bonds is 4. The summed E-state index contributed by atoms with van der Waals surface area (Å²) < 4.78 is 5.97. The highest BCUT2D eigenvalue weighted by atomic mass is 16.3. The van der Waals surface area contributed by atoms with Crippen LogP contribution in [0.1, 0.15) is 34.5 Å². The van der Waals surface area contributed by atoms with Gasteiger partial charge >= 0.3 is 0 Å². The molecule has 32 heavy (non-hydrogen) atoms. The van der Waals surface area contributed by atoms with Crippen LogP contribution in [0.5, 0.6) is 0 Å². The molecule has 5 rings (SSSR count). The van der Waals surface area contributed by atoms with Gasteiger partial charge < -0.3 is 20.0 Å². The topological polar surface area (TPSA) is 74.6 Å². The maximum atomic E-state index is 12.6. The molecule has 2 aliphatic rings. The Bertz CT molecular complexity index is 1190. The number of piperidine rings is 1. The van der Waals surface area contributed by atoms with Crippen molar-refractivity contribution in [1.29, 1.82) is 0 Å². The number of nitrogens with zero attached hydrogens (tertiary/aromatic N) is 1. The number of nitrogens with one attached hydrogen (secondary N) is 2. The molecular weight excluding hydrogens is 402 g/mol. The summed E-state index contributed by atoms with van der Waals surface area (Å²) in [5.74, 6) is 1.10. The number of fused-ring (bicyclic) bond motifs is 1. The van der Waals surface area contributed by atoms with E-state index < -0.39 is 0 Å². The lowest BCUT2D eigenvalue weighted by atomic mass is 10.0. The molecule has 1 saturated heterocycles. The second kappa shape index (κ2) is 8.48. The number of hydrogen-bond donors (Lipinski definition) is 2. The van der Waals surface area contributed by atoms with Gasteiger partial charge in [-0.3, -0.25) is 9.59 Å². The molecule has 0 radical (unpaired) electrons. The Labute approximate surface area is 186 Å². The van der Waals surface area contributed by atoms with Crippen LogP contribution in [0.4, 0.5) is 5.69 Å². The van der Waals surface area contributed by atoms with E-state index >= 15 is 0 Å². The number of likely N-dealkylation sites (tertiary alicyclic amines) is 1. The van der Waals surface area contributed by atoms with E-state index in [1.807, 2.05) is 60.7 Å². The van der Waals surface area contributed by atoms with Crippen LogP contribution in [0.25, 0.3) is 23.0 Å². The fraction of sp³-hybridized carbons (Fsp3) is 0.231. The van der Waals surface area contributed by atoms with Crippen LogP contribution in [0.2, 0.25) is 0 Å². The minimum absolute atomic E-state index is 0.0485. The van der Waals surface area contributed by atoms with Crippen molar-refractivity contribution in [3.63, 3.8) is 0 Å². The van der Waals surface area contributed by atoms with Crippen LogP contribution in [-0.4, -0.2) is 42.9 Å². The summed E-state index contributed by atoms with van der Waals surface area (Å²) in [6.45, 7) is 1.97. The molecule has 162 valence electrons. The van der Waals surface area contributed by atoms with Crippen molar-refractivity contribution in [2.24, 2.45) is 0 Å². The maximum absolute atomic E-state index is 12.6. The van der Waals surface area contributed by atoms with Gasteiger partial charge in [0.25, 0.3) is 11.8 Å². The van der Waals surface area contributed by atoms with Gasteiger partial charge in [-0.25, -0.2) is 0 Å². The van der Waals surface area contributed by atoms with Crippen molar-refractivity contribution >= 4 is 29.2 Å². The molecule has 0 aliphatic carbocycles. The minimum Gasteiger partial charge on any atom is -0.457 e. The zero-order valence-corrected chi connectivity index (χ0v) is 17.9. The van der Waals surface area contributed by atoms with E-state index in [1.165, 1.54) is 0 Å². The molecule has 2 N–H and O–H groups in total. The monoisotopic (exact) mass is 427 g/mol. The molecule has 2 aliphatic heterocycles. The van der Waals surface area contributed by atoms with E-state index in [1.54, 1.807) is 6.08 Å². The molecule has 3 heterocycles. The number of carbonyl (C=O) groups excluding carboxylic acids is 2. The fourth-order valence-electron chi connectivity index (χ4n) is 4.35. The SMILES string of the molecule is CN1CCCC(NC(=O)c2ccc(-c3ccc(/C=C4/C(=O)Nc5ccccc54)o3)cc2)C1. The molecule has 0 spiro atoms. The zero-order chi connectivity index (χ0) is 22.1. The highest BCUT2D eigenvalue weighted by Crippen LogP contribution is 2.33. The Morgan fingerprint density at radius 3 is 2.75 bits per heavy atom. The van der Waals surface area contributed by atoms with Crippen molar-refractivity contribution < 1.29 is 14.0 Å². The Morgan fingerprint density at radius 1 is 1.12 bits per heavy atom. The Balaban J connectivity index is 1.30. The quantitative estimate of drug-likeness (QED) is 0.610. The summed E-state index contributed by atoms with van der Waals surface area (Å²) in [4.78, 5) is 27.2. The van der Waals surface area contributed by atoms with Crippen molar-refractivity contribution in [2.75, 3.05) is 25.5 Å². The molecule has 1 fully saturated rings. The van der Waals surface area contributed by atoms with Crippen molar-refractivity contribution in [3.05, 3.63) is 77.6 Å². The first-order chi connectivity index (χ1) is 15.6. The average Bonchev–Trinajstić information content (AvgIpc) is 3.39. The summed E-state index contributed by atoms with van der Waals surface area (Å²) >= 11 is 0. The highest BCUT2D eigenvalue weighted by Gasteiger charge is 2.24. The first-order valence-corrected chi connectivity index (χ1v) is 10.9. The first kappa shape index (κ1) is 20.3. The van der Waals surface area contributed by atoms with Crippen molar-refractivity contribution in [3.8, 4) is 11.3 Å². The van der Waals surface area contributed by atoms with Crippen LogP contribution in [-0.2, 0) is 4.79 Å². The number of amides is 2. The third-order valence-electron chi connectivity index (χ3n) is 6.01. The highest BCUT2D eigenvalue weighted by molar-refractivity contribution is 6.34. The molecule has 1 unspecified atom stereocenters. The molecule has 0 saturated carbocycles. The van der Waals surface area contributed by atoms with Gasteiger partial charge in [0, 0.05) is 35.0 Å². The van der Waals surface area contributed by atoms with Gasteiger partial charge in [0.2, 0.25) is 0 Å². The van der Waals surface area contributed by atoms with Gasteiger partial charge in [-0.2, -0.15) is 0 Å². The molecule has 0 bridgehead atoms.